The van der Waals surface area contributed by atoms with Crippen molar-refractivity contribution in [1.29, 1.82) is 0 Å². The molecule has 3 aromatic rings. The molecule has 0 atom stereocenters. The lowest BCUT2D eigenvalue weighted by Gasteiger charge is -2.26. The van der Waals surface area contributed by atoms with Crippen molar-refractivity contribution in [2.24, 2.45) is 0 Å². The second kappa shape index (κ2) is 10.9. The topological polar surface area (TPSA) is 79.9 Å². The molecule has 8 heteroatoms. The highest BCUT2D eigenvalue weighted by Gasteiger charge is 2.15. The van der Waals surface area contributed by atoms with E-state index in [1.54, 1.807) is 24.3 Å². The van der Waals surface area contributed by atoms with Gasteiger partial charge in [-0.05, 0) is 54.1 Å². The van der Waals surface area contributed by atoms with Crippen molar-refractivity contribution < 1.29 is 23.5 Å². The molecule has 7 nitrogen and oxygen atoms in total. The fourth-order valence-electron chi connectivity index (χ4n) is 3.74. The minimum atomic E-state index is -0.503. The number of benzene rings is 3. The molecular weight excluding hydrogens is 437 g/mol. The molecule has 4 rings (SSSR count). The third kappa shape index (κ3) is 5.98. The Morgan fingerprint density at radius 3 is 2.38 bits per heavy atom. The first-order chi connectivity index (χ1) is 16.5. The van der Waals surface area contributed by atoms with Crippen LogP contribution in [0.1, 0.15) is 26.3 Å². The zero-order valence-corrected chi connectivity index (χ0v) is 18.8. The molecule has 2 amide bonds. The Balaban J connectivity index is 1.46. The van der Waals surface area contributed by atoms with E-state index in [9.17, 15) is 14.0 Å². The number of nitrogens with zero attached hydrogens (tertiary/aromatic N) is 1. The zero-order chi connectivity index (χ0) is 23.9. The van der Waals surface area contributed by atoms with Crippen molar-refractivity contribution in [3.8, 4) is 5.75 Å². The van der Waals surface area contributed by atoms with Crippen molar-refractivity contribution >= 4 is 23.2 Å². The fourth-order valence-corrected chi connectivity index (χ4v) is 3.74. The number of anilines is 2. The van der Waals surface area contributed by atoms with Gasteiger partial charge >= 0.3 is 0 Å². The van der Waals surface area contributed by atoms with Crippen LogP contribution in [0.15, 0.2) is 66.7 Å². The fraction of sp³-hybridized carbons (Fsp3) is 0.231. The monoisotopic (exact) mass is 463 g/mol. The lowest BCUT2D eigenvalue weighted by Crippen LogP contribution is -2.35. The molecule has 3 aromatic carbocycles. The Hall–Kier alpha value is -3.75. The highest BCUT2D eigenvalue weighted by atomic mass is 19.1. The molecular formula is C26H26FN3O4. The van der Waals surface area contributed by atoms with Crippen LogP contribution in [0.25, 0.3) is 0 Å². The second-order valence-corrected chi connectivity index (χ2v) is 7.92. The van der Waals surface area contributed by atoms with Crippen molar-refractivity contribution in [2.75, 3.05) is 44.0 Å². The van der Waals surface area contributed by atoms with Gasteiger partial charge in [0.05, 0.1) is 26.0 Å². The molecule has 1 aliphatic rings. The van der Waals surface area contributed by atoms with Crippen LogP contribution in [0, 0.1) is 5.82 Å². The summed E-state index contributed by atoms with van der Waals surface area (Å²) in [6.07, 6.45) is 0. The van der Waals surface area contributed by atoms with Crippen LogP contribution in [0.2, 0.25) is 0 Å². The summed E-state index contributed by atoms with van der Waals surface area (Å²) in [4.78, 5) is 27.7. The molecule has 34 heavy (non-hydrogen) atoms. The van der Waals surface area contributed by atoms with E-state index in [2.05, 4.69) is 15.5 Å². The third-order valence-electron chi connectivity index (χ3n) is 5.49. The molecule has 1 saturated heterocycles. The first kappa shape index (κ1) is 23.4. The van der Waals surface area contributed by atoms with Gasteiger partial charge in [0.2, 0.25) is 0 Å². The van der Waals surface area contributed by atoms with E-state index in [4.69, 9.17) is 9.47 Å². The molecule has 0 spiro atoms. The third-order valence-corrected chi connectivity index (χ3v) is 5.49. The van der Waals surface area contributed by atoms with Gasteiger partial charge in [-0.25, -0.2) is 4.39 Å². The Bertz CT molecular complexity index is 1180. The summed E-state index contributed by atoms with van der Waals surface area (Å²) in [5, 5.41) is 5.58. The second-order valence-electron chi connectivity index (χ2n) is 7.92. The quantitative estimate of drug-likeness (QED) is 0.550. The number of ether oxygens (including phenoxy) is 2. The summed E-state index contributed by atoms with van der Waals surface area (Å²) in [7, 11) is 1.48. The van der Waals surface area contributed by atoms with Crippen molar-refractivity contribution in [2.45, 2.75) is 6.54 Å². The number of carbonyl (C=O) groups excluding carboxylic acids is 2. The normalized spacial score (nSPS) is 13.8. The number of amides is 2. The van der Waals surface area contributed by atoms with E-state index in [-0.39, 0.29) is 11.5 Å². The van der Waals surface area contributed by atoms with Crippen molar-refractivity contribution in [3.05, 3.63) is 89.2 Å². The van der Waals surface area contributed by atoms with E-state index in [0.29, 0.717) is 22.7 Å². The van der Waals surface area contributed by atoms with Crippen molar-refractivity contribution in [1.82, 2.24) is 4.90 Å². The highest BCUT2D eigenvalue weighted by molar-refractivity contribution is 6.07. The van der Waals surface area contributed by atoms with Gasteiger partial charge < -0.3 is 20.1 Å². The van der Waals surface area contributed by atoms with Gasteiger partial charge in [0.25, 0.3) is 11.8 Å². The van der Waals surface area contributed by atoms with Crippen molar-refractivity contribution in [3.63, 3.8) is 0 Å². The highest BCUT2D eigenvalue weighted by Crippen LogP contribution is 2.29. The van der Waals surface area contributed by atoms with Gasteiger partial charge in [0.15, 0.2) is 0 Å². The molecule has 1 heterocycles. The van der Waals surface area contributed by atoms with E-state index >= 15 is 0 Å². The average Bonchev–Trinajstić information content (AvgIpc) is 2.85. The maximum Gasteiger partial charge on any atom is 0.255 e. The summed E-state index contributed by atoms with van der Waals surface area (Å²) < 4.78 is 24.2. The number of rotatable bonds is 7. The minimum absolute atomic E-state index is 0.175. The predicted octanol–water partition coefficient (Wildman–Crippen LogP) is 4.17. The van der Waals surface area contributed by atoms with Gasteiger partial charge in [0.1, 0.15) is 11.6 Å². The Kier molecular flexibility index (Phi) is 7.51. The number of methoxy groups -OCH3 is 1. The van der Waals surface area contributed by atoms with Gasteiger partial charge in [-0.2, -0.15) is 0 Å². The minimum Gasteiger partial charge on any atom is -0.495 e. The molecule has 0 aromatic heterocycles. The number of carbonyl (C=O) groups is 2. The summed E-state index contributed by atoms with van der Waals surface area (Å²) >= 11 is 0. The van der Waals surface area contributed by atoms with E-state index in [0.717, 1.165) is 44.5 Å². The maximum absolute atomic E-state index is 13.5. The van der Waals surface area contributed by atoms with Crippen LogP contribution < -0.4 is 15.4 Å². The van der Waals surface area contributed by atoms with Gasteiger partial charge in [-0.15, -0.1) is 0 Å². The van der Waals surface area contributed by atoms with Crippen LogP contribution in [0.5, 0.6) is 5.75 Å². The first-order valence-electron chi connectivity index (χ1n) is 11.0. The van der Waals surface area contributed by atoms with Crippen LogP contribution in [0.3, 0.4) is 0 Å². The molecule has 1 fully saturated rings. The summed E-state index contributed by atoms with van der Waals surface area (Å²) in [5.74, 6) is -0.847. The molecule has 176 valence electrons. The Morgan fingerprint density at radius 1 is 0.941 bits per heavy atom. The lowest BCUT2D eigenvalue weighted by molar-refractivity contribution is 0.0342. The van der Waals surface area contributed by atoms with Crippen LogP contribution >= 0.6 is 0 Å². The number of halogens is 1. The largest absolute Gasteiger partial charge is 0.495 e. The standard InChI is InChI=1S/C26H26FN3O4/c1-33-24-9-8-22(16-23(24)29-26(32)20-6-3-7-21(27)15-20)28-25(31)19-5-2-4-18(14-19)17-30-10-12-34-13-11-30/h2-9,14-16H,10-13,17H2,1H3,(H,28,31)(H,29,32). The van der Waals surface area contributed by atoms with Crippen LogP contribution in [0.4, 0.5) is 15.8 Å². The predicted molar refractivity (Wildman–Crippen MR) is 128 cm³/mol. The SMILES string of the molecule is COc1ccc(NC(=O)c2cccc(CN3CCOCC3)c2)cc1NC(=O)c1cccc(F)c1. The van der Waals surface area contributed by atoms with Gasteiger partial charge in [-0.1, -0.05) is 18.2 Å². The van der Waals surface area contributed by atoms with Crippen LogP contribution in [-0.4, -0.2) is 50.1 Å². The Morgan fingerprint density at radius 2 is 1.65 bits per heavy atom. The first-order valence-corrected chi connectivity index (χ1v) is 11.0. The summed E-state index contributed by atoms with van der Waals surface area (Å²) in [6, 6.07) is 17.8. The molecule has 0 aliphatic carbocycles. The molecule has 1 aliphatic heterocycles. The molecule has 0 radical (unpaired) electrons. The molecule has 2 N–H and O–H groups in total. The number of morpholine rings is 1. The average molecular weight is 464 g/mol. The lowest BCUT2D eigenvalue weighted by atomic mass is 10.1. The number of nitrogens with one attached hydrogen (secondary N) is 2. The zero-order valence-electron chi connectivity index (χ0n) is 18.8. The molecule has 0 unspecified atom stereocenters. The van der Waals surface area contributed by atoms with Gasteiger partial charge in [0, 0.05) is 36.4 Å². The molecule has 0 bridgehead atoms. The smallest absolute Gasteiger partial charge is 0.255 e. The maximum atomic E-state index is 13.5. The number of hydrogen-bond acceptors (Lipinski definition) is 5. The molecule has 0 saturated carbocycles. The summed E-state index contributed by atoms with van der Waals surface area (Å²) in [5.41, 5.74) is 2.60. The van der Waals surface area contributed by atoms with E-state index in [1.165, 1.54) is 25.3 Å². The number of hydrogen-bond donors (Lipinski definition) is 2. The Labute approximate surface area is 197 Å². The van der Waals surface area contributed by atoms with E-state index < -0.39 is 11.7 Å². The van der Waals surface area contributed by atoms with Crippen LogP contribution in [-0.2, 0) is 11.3 Å². The summed E-state index contributed by atoms with van der Waals surface area (Å²) in [6.45, 7) is 3.92. The van der Waals surface area contributed by atoms with E-state index in [1.807, 2.05) is 18.2 Å². The van der Waals surface area contributed by atoms with Gasteiger partial charge in [-0.3, -0.25) is 14.5 Å².